The van der Waals surface area contributed by atoms with Crippen LogP contribution in [0.4, 0.5) is 9.59 Å². The van der Waals surface area contributed by atoms with E-state index in [0.717, 1.165) is 0 Å². The van der Waals surface area contributed by atoms with Crippen LogP contribution in [0.15, 0.2) is 0 Å². The van der Waals surface area contributed by atoms with Crippen LogP contribution < -0.4 is 27.8 Å². The zero-order valence-corrected chi connectivity index (χ0v) is 9.16. The number of hydrogen-bond acceptors (Lipinski definition) is 3. The first kappa shape index (κ1) is 18.7. The van der Waals surface area contributed by atoms with Gasteiger partial charge in [-0.25, -0.2) is 9.59 Å². The molecule has 90 valence electrons. The lowest BCUT2D eigenvalue weighted by Crippen LogP contribution is -2.28. The van der Waals surface area contributed by atoms with Crippen LogP contribution in [-0.4, -0.2) is 32.1 Å². The van der Waals surface area contributed by atoms with Crippen molar-refractivity contribution in [3.63, 3.8) is 0 Å². The Kier molecular flexibility index (Phi) is 18.1. The van der Waals surface area contributed by atoms with Crippen LogP contribution in [0.2, 0.25) is 0 Å². The highest BCUT2D eigenvalue weighted by molar-refractivity contribution is 5.73. The Morgan fingerprint density at radius 2 is 1.20 bits per heavy atom. The van der Waals surface area contributed by atoms with Crippen molar-refractivity contribution in [2.75, 3.05) is 14.1 Å². The number of nitrogens with one attached hydrogen (secondary N) is 2. The van der Waals surface area contributed by atoms with Gasteiger partial charge in [0, 0.05) is 20.5 Å². The molecule has 0 heterocycles. The van der Waals surface area contributed by atoms with Gasteiger partial charge in [0.15, 0.2) is 0 Å². The van der Waals surface area contributed by atoms with Gasteiger partial charge in [-0.15, -0.1) is 0 Å². The van der Waals surface area contributed by atoms with E-state index in [1.54, 1.807) is 21.0 Å². The SMILES string of the molecule is CCC(N)=O.CNC(=O)NC.NC(N)=O. The van der Waals surface area contributed by atoms with Gasteiger partial charge in [-0.2, -0.15) is 0 Å². The van der Waals surface area contributed by atoms with Gasteiger partial charge in [-0.05, 0) is 0 Å². The second-order valence-electron chi connectivity index (χ2n) is 2.05. The Balaban J connectivity index is -0.000000147. The lowest BCUT2D eigenvalue weighted by Gasteiger charge is -1.91. The third-order valence-electron chi connectivity index (χ3n) is 0.803. The van der Waals surface area contributed by atoms with E-state index in [-0.39, 0.29) is 11.9 Å². The van der Waals surface area contributed by atoms with Crippen LogP contribution >= 0.6 is 0 Å². The molecule has 0 radical (unpaired) electrons. The maximum atomic E-state index is 9.96. The van der Waals surface area contributed by atoms with Crippen molar-refractivity contribution in [3.8, 4) is 0 Å². The lowest BCUT2D eigenvalue weighted by atomic mass is 10.5. The minimum absolute atomic E-state index is 0.157. The maximum Gasteiger partial charge on any atom is 0.314 e. The quantitative estimate of drug-likeness (QED) is 0.364. The van der Waals surface area contributed by atoms with E-state index in [2.05, 4.69) is 27.8 Å². The minimum atomic E-state index is -0.833. The van der Waals surface area contributed by atoms with Crippen LogP contribution in [-0.2, 0) is 4.79 Å². The molecule has 8 nitrogen and oxygen atoms in total. The van der Waals surface area contributed by atoms with Gasteiger partial charge < -0.3 is 27.8 Å². The number of rotatable bonds is 1. The molecule has 0 rings (SSSR count). The summed E-state index contributed by atoms with van der Waals surface area (Å²) in [6, 6.07) is -0.991. The average molecular weight is 221 g/mol. The van der Waals surface area contributed by atoms with E-state index >= 15 is 0 Å². The molecule has 0 atom stereocenters. The highest BCUT2D eigenvalue weighted by atomic mass is 16.2. The average Bonchev–Trinajstić information content (AvgIpc) is 2.16. The van der Waals surface area contributed by atoms with Crippen molar-refractivity contribution >= 4 is 18.0 Å². The molecule has 0 spiro atoms. The second-order valence-corrected chi connectivity index (χ2v) is 2.05. The molecule has 0 fully saturated rings. The van der Waals surface area contributed by atoms with Gasteiger partial charge in [-0.3, -0.25) is 4.79 Å². The summed E-state index contributed by atoms with van der Waals surface area (Å²) in [5.74, 6) is -0.245. The first-order valence-electron chi connectivity index (χ1n) is 4.04. The zero-order chi connectivity index (χ0) is 12.9. The first-order valence-corrected chi connectivity index (χ1v) is 4.04. The fraction of sp³-hybridized carbons (Fsp3) is 0.571. The third kappa shape index (κ3) is 74.8. The number of nitrogens with two attached hydrogens (primary N) is 3. The molecule has 5 amide bonds. The number of primary amides is 3. The van der Waals surface area contributed by atoms with Gasteiger partial charge >= 0.3 is 12.1 Å². The van der Waals surface area contributed by atoms with E-state index in [9.17, 15) is 9.59 Å². The number of carbonyl (C=O) groups is 3. The standard InChI is InChI=1S/C3H8N2O.C3H7NO.CH4N2O/c1-4-3(6)5-2;1-2-3(4)5;2-1(3)4/h1-2H3,(H2,4,5,6);2H2,1H3,(H2,4,5);(H4,2,3,4). The zero-order valence-electron chi connectivity index (χ0n) is 9.16. The molecule has 0 saturated carbocycles. The summed E-state index contributed by atoms with van der Waals surface area (Å²) < 4.78 is 0. The molecule has 15 heavy (non-hydrogen) atoms. The molecule has 0 aromatic rings. The second kappa shape index (κ2) is 14.5. The molecule has 0 unspecified atom stereocenters. The van der Waals surface area contributed by atoms with Crippen molar-refractivity contribution in [1.29, 1.82) is 0 Å². The third-order valence-corrected chi connectivity index (χ3v) is 0.803. The topological polar surface area (TPSA) is 153 Å². The monoisotopic (exact) mass is 221 g/mol. The lowest BCUT2D eigenvalue weighted by molar-refractivity contribution is -0.117. The van der Waals surface area contributed by atoms with Crippen molar-refractivity contribution in [3.05, 3.63) is 0 Å². The first-order chi connectivity index (χ1) is 6.81. The fourth-order valence-corrected chi connectivity index (χ4v) is 0.125. The number of urea groups is 2. The molecule has 0 saturated heterocycles. The summed E-state index contributed by atoms with van der Waals surface area (Å²) >= 11 is 0. The molecular formula is C7H19N5O3. The predicted octanol–water partition coefficient (Wildman–Crippen LogP) is -1.55. The number of hydrogen-bond donors (Lipinski definition) is 5. The largest absolute Gasteiger partial charge is 0.370 e. The van der Waals surface area contributed by atoms with Crippen LogP contribution in [0.25, 0.3) is 0 Å². The van der Waals surface area contributed by atoms with Crippen molar-refractivity contribution < 1.29 is 14.4 Å². The van der Waals surface area contributed by atoms with Crippen LogP contribution in [0.1, 0.15) is 13.3 Å². The highest BCUT2D eigenvalue weighted by Crippen LogP contribution is 1.63. The smallest absolute Gasteiger partial charge is 0.314 e. The molecule has 0 aromatic carbocycles. The maximum absolute atomic E-state index is 9.96. The summed E-state index contributed by atoms with van der Waals surface area (Å²) in [6.07, 6.45) is 0.444. The van der Waals surface area contributed by atoms with Crippen molar-refractivity contribution in [2.24, 2.45) is 17.2 Å². The van der Waals surface area contributed by atoms with E-state index < -0.39 is 6.03 Å². The Morgan fingerprint density at radius 3 is 1.20 bits per heavy atom. The van der Waals surface area contributed by atoms with Gasteiger partial charge in [0.25, 0.3) is 0 Å². The molecule has 0 aliphatic heterocycles. The van der Waals surface area contributed by atoms with E-state index in [1.165, 1.54) is 0 Å². The van der Waals surface area contributed by atoms with Gasteiger partial charge in [0.1, 0.15) is 0 Å². The highest BCUT2D eigenvalue weighted by Gasteiger charge is 1.81. The summed E-state index contributed by atoms with van der Waals surface area (Å²) in [5.41, 5.74) is 13.2. The summed E-state index contributed by atoms with van der Waals surface area (Å²) in [6.45, 7) is 1.72. The number of carbonyl (C=O) groups excluding carboxylic acids is 3. The molecule has 0 aromatic heterocycles. The Bertz CT molecular complexity index is 185. The van der Waals surface area contributed by atoms with E-state index in [4.69, 9.17) is 4.79 Å². The Hall–Kier alpha value is -1.99. The van der Waals surface area contributed by atoms with Crippen molar-refractivity contribution in [1.82, 2.24) is 10.6 Å². The van der Waals surface area contributed by atoms with Crippen LogP contribution in [0.5, 0.6) is 0 Å². The fourth-order valence-electron chi connectivity index (χ4n) is 0.125. The van der Waals surface area contributed by atoms with Crippen molar-refractivity contribution in [2.45, 2.75) is 13.3 Å². The molecule has 8 N–H and O–H groups in total. The van der Waals surface area contributed by atoms with Crippen LogP contribution in [0.3, 0.4) is 0 Å². The summed E-state index contributed by atoms with van der Waals surface area (Å²) in [5, 5.41) is 4.73. The minimum Gasteiger partial charge on any atom is -0.370 e. The van der Waals surface area contributed by atoms with Gasteiger partial charge in [-0.1, -0.05) is 6.92 Å². The number of amides is 5. The normalized spacial score (nSPS) is 6.87. The predicted molar refractivity (Wildman–Crippen MR) is 56.8 cm³/mol. The Labute approximate surface area is 88.5 Å². The summed E-state index contributed by atoms with van der Waals surface area (Å²) in [4.78, 5) is 28.5. The van der Waals surface area contributed by atoms with Gasteiger partial charge in [0.2, 0.25) is 5.91 Å². The summed E-state index contributed by atoms with van der Waals surface area (Å²) in [7, 11) is 3.14. The van der Waals surface area contributed by atoms with Crippen LogP contribution in [0, 0.1) is 0 Å². The van der Waals surface area contributed by atoms with Gasteiger partial charge in [0.05, 0.1) is 0 Å². The van der Waals surface area contributed by atoms with E-state index in [0.29, 0.717) is 6.42 Å². The molecule has 0 aliphatic rings. The molecular weight excluding hydrogens is 202 g/mol. The molecule has 8 heteroatoms. The molecule has 0 aliphatic carbocycles. The Morgan fingerprint density at radius 1 is 1.00 bits per heavy atom. The van der Waals surface area contributed by atoms with E-state index in [1.807, 2.05) is 0 Å². The molecule has 0 bridgehead atoms.